The van der Waals surface area contributed by atoms with Crippen molar-refractivity contribution in [3.63, 3.8) is 0 Å². The summed E-state index contributed by atoms with van der Waals surface area (Å²) in [6.07, 6.45) is 3.45. The highest BCUT2D eigenvalue weighted by molar-refractivity contribution is 6.09. The summed E-state index contributed by atoms with van der Waals surface area (Å²) in [5, 5.41) is 7.83. The number of nitrogens with one attached hydrogen (secondary N) is 1. The zero-order valence-corrected chi connectivity index (χ0v) is 20.3. The van der Waals surface area contributed by atoms with E-state index in [4.69, 9.17) is 0 Å². The maximum atomic E-state index is 13.3. The van der Waals surface area contributed by atoms with E-state index in [9.17, 15) is 14.4 Å². The number of aromatic nitrogens is 3. The molecule has 1 unspecified atom stereocenters. The Hall–Kier alpha value is -3.40. The van der Waals surface area contributed by atoms with Crippen LogP contribution in [0.2, 0.25) is 0 Å². The second-order valence-electron chi connectivity index (χ2n) is 9.31. The molecule has 2 aromatic rings. The van der Waals surface area contributed by atoms with E-state index >= 15 is 0 Å². The zero-order chi connectivity index (χ0) is 24.6. The van der Waals surface area contributed by atoms with Gasteiger partial charge >= 0.3 is 0 Å². The average molecular weight is 466 g/mol. The van der Waals surface area contributed by atoms with Crippen molar-refractivity contribution in [2.45, 2.75) is 33.7 Å². The van der Waals surface area contributed by atoms with Crippen molar-refractivity contribution in [3.05, 3.63) is 35.2 Å². The highest BCUT2D eigenvalue weighted by Gasteiger charge is 2.27. The predicted octanol–water partition coefficient (Wildman–Crippen LogP) is 1.69. The number of carbonyl (C=O) groups excluding carboxylic acids is 3. The van der Waals surface area contributed by atoms with Crippen molar-refractivity contribution in [1.82, 2.24) is 29.9 Å². The number of nitrogens with zero attached hydrogens (tertiary/aromatic N) is 6. The Morgan fingerprint density at radius 3 is 2.53 bits per heavy atom. The number of carbonyl (C=O) groups is 3. The fraction of sp³-hybridized carbons (Fsp3) is 0.500. The molecule has 1 atom stereocenters. The molecule has 0 aromatic carbocycles. The Balaban J connectivity index is 1.64. The summed E-state index contributed by atoms with van der Waals surface area (Å²) in [6, 6.07) is 1.54. The van der Waals surface area contributed by atoms with Crippen molar-refractivity contribution in [1.29, 1.82) is 0 Å². The number of pyridine rings is 1. The van der Waals surface area contributed by atoms with Gasteiger partial charge in [0.2, 0.25) is 0 Å². The third kappa shape index (κ3) is 4.63. The van der Waals surface area contributed by atoms with Crippen LogP contribution in [-0.2, 0) is 4.79 Å². The van der Waals surface area contributed by atoms with Crippen LogP contribution >= 0.6 is 0 Å². The van der Waals surface area contributed by atoms with E-state index in [-0.39, 0.29) is 36.0 Å². The van der Waals surface area contributed by atoms with Crippen LogP contribution in [0.4, 0.5) is 0 Å². The monoisotopic (exact) mass is 465 g/mol. The fourth-order valence-electron chi connectivity index (χ4n) is 4.31. The molecule has 180 valence electrons. The molecule has 2 aliphatic heterocycles. The lowest BCUT2D eigenvalue weighted by molar-refractivity contribution is -0.120. The number of amides is 3. The Morgan fingerprint density at radius 1 is 1.18 bits per heavy atom. The molecule has 1 N–H and O–H groups in total. The average Bonchev–Trinajstić information content (AvgIpc) is 3.22. The van der Waals surface area contributed by atoms with Gasteiger partial charge in [-0.2, -0.15) is 5.10 Å². The van der Waals surface area contributed by atoms with E-state index in [1.807, 2.05) is 33.9 Å². The van der Waals surface area contributed by atoms with E-state index in [1.165, 1.54) is 0 Å². The summed E-state index contributed by atoms with van der Waals surface area (Å²) in [5.74, 6) is -1.35. The number of likely N-dealkylation sites (N-methyl/N-ethyl adjacent to an activating group) is 1. The second-order valence-corrected chi connectivity index (χ2v) is 9.31. The number of allylic oxidation sites excluding steroid dienone is 1. The van der Waals surface area contributed by atoms with E-state index in [1.54, 1.807) is 28.8 Å². The minimum atomic E-state index is -0.505. The van der Waals surface area contributed by atoms with Gasteiger partial charge in [0.05, 0.1) is 23.1 Å². The number of hydrogen-bond acceptors (Lipinski definition) is 6. The quantitative estimate of drug-likeness (QED) is 0.719. The molecular weight excluding hydrogens is 434 g/mol. The van der Waals surface area contributed by atoms with Gasteiger partial charge in [0.25, 0.3) is 17.7 Å². The van der Waals surface area contributed by atoms with Gasteiger partial charge in [0.1, 0.15) is 5.69 Å². The molecule has 0 bridgehead atoms. The summed E-state index contributed by atoms with van der Waals surface area (Å²) in [4.78, 5) is 51.4. The van der Waals surface area contributed by atoms with Crippen LogP contribution in [0.15, 0.2) is 28.9 Å². The first kappa shape index (κ1) is 23.7. The van der Waals surface area contributed by atoms with Crippen molar-refractivity contribution < 1.29 is 14.4 Å². The molecular formula is C24H31N7O3. The molecule has 0 saturated carbocycles. The molecule has 3 amide bonds. The molecule has 10 nitrogen and oxygen atoms in total. The Bertz CT molecular complexity index is 1200. The molecule has 1 saturated heterocycles. The zero-order valence-electron chi connectivity index (χ0n) is 20.3. The standard InChI is InChI=1S/C24H31N7O3/c1-14(2)31-21-19(13-26-31)17(11-20(28-21)24(34)30-8-6-29(5)7-9-30)22(32)25-12-18-15(3)10-16(4)27-23(18)33/h10-11,13-14,18H,6-9,12H2,1-5H3,(H,25,32). The lowest BCUT2D eigenvalue weighted by atomic mass is 9.95. The van der Waals surface area contributed by atoms with Gasteiger partial charge in [-0.05, 0) is 46.9 Å². The molecule has 2 aliphatic rings. The predicted molar refractivity (Wildman–Crippen MR) is 129 cm³/mol. The van der Waals surface area contributed by atoms with Crippen LogP contribution < -0.4 is 5.32 Å². The molecule has 34 heavy (non-hydrogen) atoms. The topological polar surface area (TPSA) is 113 Å². The molecule has 4 rings (SSSR count). The third-order valence-corrected chi connectivity index (χ3v) is 6.35. The van der Waals surface area contributed by atoms with E-state index in [0.29, 0.717) is 35.4 Å². The Morgan fingerprint density at radius 2 is 1.88 bits per heavy atom. The SMILES string of the molecule is CC1=CC(C)=NC(=O)C1CNC(=O)c1cc(C(=O)N2CCN(C)CC2)nc2c1cnn2C(C)C. The number of rotatable bonds is 5. The number of hydrogen-bond donors (Lipinski definition) is 1. The van der Waals surface area contributed by atoms with Gasteiger partial charge in [0.15, 0.2) is 5.65 Å². The molecule has 10 heteroatoms. The third-order valence-electron chi connectivity index (χ3n) is 6.35. The lowest BCUT2D eigenvalue weighted by Gasteiger charge is -2.32. The molecule has 0 radical (unpaired) electrons. The first-order chi connectivity index (χ1) is 16.2. The molecule has 2 aromatic heterocycles. The number of piperazine rings is 1. The van der Waals surface area contributed by atoms with Crippen molar-refractivity contribution >= 4 is 34.5 Å². The number of fused-ring (bicyclic) bond motifs is 1. The minimum absolute atomic E-state index is 0.00338. The van der Waals surface area contributed by atoms with Gasteiger partial charge in [-0.25, -0.2) is 14.7 Å². The summed E-state index contributed by atoms with van der Waals surface area (Å²) in [7, 11) is 2.02. The highest BCUT2D eigenvalue weighted by Crippen LogP contribution is 2.23. The maximum absolute atomic E-state index is 13.3. The first-order valence-corrected chi connectivity index (χ1v) is 11.6. The lowest BCUT2D eigenvalue weighted by Crippen LogP contribution is -2.47. The van der Waals surface area contributed by atoms with Gasteiger partial charge < -0.3 is 15.1 Å². The summed E-state index contributed by atoms with van der Waals surface area (Å²) in [6.45, 7) is 10.5. The summed E-state index contributed by atoms with van der Waals surface area (Å²) in [5.41, 5.74) is 2.55. The second kappa shape index (κ2) is 9.46. The summed E-state index contributed by atoms with van der Waals surface area (Å²) >= 11 is 0. The Kier molecular flexibility index (Phi) is 6.60. The Labute approximate surface area is 198 Å². The molecule has 4 heterocycles. The van der Waals surface area contributed by atoms with Crippen LogP contribution in [0, 0.1) is 5.92 Å². The van der Waals surface area contributed by atoms with Crippen LogP contribution in [0.1, 0.15) is 54.6 Å². The van der Waals surface area contributed by atoms with Crippen molar-refractivity contribution in [3.8, 4) is 0 Å². The molecule has 0 aliphatic carbocycles. The van der Waals surface area contributed by atoms with Crippen LogP contribution in [0.5, 0.6) is 0 Å². The fourth-order valence-corrected chi connectivity index (χ4v) is 4.31. The van der Waals surface area contributed by atoms with Crippen molar-refractivity contribution in [2.75, 3.05) is 39.8 Å². The highest BCUT2D eigenvalue weighted by atomic mass is 16.2. The van der Waals surface area contributed by atoms with E-state index in [0.717, 1.165) is 18.7 Å². The summed E-state index contributed by atoms with van der Waals surface area (Å²) < 4.78 is 1.71. The first-order valence-electron chi connectivity index (χ1n) is 11.6. The van der Waals surface area contributed by atoms with Crippen LogP contribution in [0.25, 0.3) is 11.0 Å². The number of aliphatic imine (C=N–C) groups is 1. The van der Waals surface area contributed by atoms with E-state index in [2.05, 4.69) is 25.3 Å². The number of dihydropyridines is 1. The normalized spacial score (nSPS) is 19.4. The largest absolute Gasteiger partial charge is 0.351 e. The van der Waals surface area contributed by atoms with E-state index < -0.39 is 5.92 Å². The maximum Gasteiger partial charge on any atom is 0.272 e. The van der Waals surface area contributed by atoms with Crippen LogP contribution in [0.3, 0.4) is 0 Å². The van der Waals surface area contributed by atoms with Gasteiger partial charge in [-0.3, -0.25) is 14.4 Å². The van der Waals surface area contributed by atoms with Gasteiger partial charge in [-0.1, -0.05) is 5.57 Å². The minimum Gasteiger partial charge on any atom is -0.351 e. The molecule has 1 fully saturated rings. The van der Waals surface area contributed by atoms with Gasteiger partial charge in [-0.15, -0.1) is 0 Å². The van der Waals surface area contributed by atoms with Crippen molar-refractivity contribution in [2.24, 2.45) is 10.9 Å². The molecule has 0 spiro atoms. The van der Waals surface area contributed by atoms with Gasteiger partial charge in [0, 0.05) is 44.5 Å². The smallest absolute Gasteiger partial charge is 0.272 e. The van der Waals surface area contributed by atoms with Crippen LogP contribution in [-0.4, -0.2) is 87.8 Å².